The monoisotopic (exact) mass is 301 g/mol. The van der Waals surface area contributed by atoms with Crippen LogP contribution in [0, 0.1) is 0 Å². The van der Waals surface area contributed by atoms with Gasteiger partial charge in [0, 0.05) is 16.3 Å². The van der Waals surface area contributed by atoms with Crippen molar-refractivity contribution >= 4 is 27.7 Å². The van der Waals surface area contributed by atoms with Crippen molar-refractivity contribution in [3.05, 3.63) is 34.3 Å². The van der Waals surface area contributed by atoms with Crippen molar-refractivity contribution in [2.24, 2.45) is 5.73 Å². The molecule has 0 aliphatic rings. The van der Waals surface area contributed by atoms with Gasteiger partial charge in [0.05, 0.1) is 0 Å². The number of halogens is 1. The first-order valence-corrected chi connectivity index (χ1v) is 7.69. The highest BCUT2D eigenvalue weighted by atomic mass is 79.9. The van der Waals surface area contributed by atoms with Gasteiger partial charge in [0.15, 0.2) is 0 Å². The summed E-state index contributed by atoms with van der Waals surface area (Å²) in [6.45, 7) is 2.94. The maximum atomic E-state index is 5.85. The molecule has 0 aromatic heterocycles. The smallest absolute Gasteiger partial charge is 0.0430 e. The van der Waals surface area contributed by atoms with Crippen LogP contribution < -0.4 is 5.73 Å². The molecule has 16 heavy (non-hydrogen) atoms. The third-order valence-electron chi connectivity index (χ3n) is 2.53. The molecule has 0 saturated heterocycles. The van der Waals surface area contributed by atoms with Crippen LogP contribution in [0.15, 0.2) is 28.7 Å². The van der Waals surface area contributed by atoms with Gasteiger partial charge >= 0.3 is 0 Å². The minimum atomic E-state index is 0.424. The maximum absolute atomic E-state index is 5.85. The Labute approximate surface area is 111 Å². The minimum absolute atomic E-state index is 0.424. The molecule has 0 heterocycles. The van der Waals surface area contributed by atoms with Crippen LogP contribution >= 0.6 is 27.7 Å². The second kappa shape index (κ2) is 8.15. The lowest BCUT2D eigenvalue weighted by Crippen LogP contribution is -2.10. The molecule has 1 atom stereocenters. The number of benzene rings is 1. The third kappa shape index (κ3) is 4.48. The van der Waals surface area contributed by atoms with E-state index >= 15 is 0 Å². The van der Waals surface area contributed by atoms with Gasteiger partial charge in [0.25, 0.3) is 0 Å². The molecule has 0 spiro atoms. The Morgan fingerprint density at radius 3 is 2.69 bits per heavy atom. The van der Waals surface area contributed by atoms with Gasteiger partial charge in [0.1, 0.15) is 0 Å². The zero-order valence-electron chi connectivity index (χ0n) is 9.79. The molecule has 1 aromatic carbocycles. The normalized spacial score (nSPS) is 12.7. The van der Waals surface area contributed by atoms with Crippen LogP contribution in [-0.4, -0.2) is 12.3 Å². The van der Waals surface area contributed by atoms with Crippen molar-refractivity contribution in [1.29, 1.82) is 0 Å². The van der Waals surface area contributed by atoms with E-state index in [-0.39, 0.29) is 0 Å². The van der Waals surface area contributed by atoms with E-state index < -0.39 is 0 Å². The maximum Gasteiger partial charge on any atom is 0.0430 e. The lowest BCUT2D eigenvalue weighted by atomic mass is 10.1. The predicted molar refractivity (Wildman–Crippen MR) is 77.9 cm³/mol. The Balaban J connectivity index is 2.51. The van der Waals surface area contributed by atoms with Crippen molar-refractivity contribution < 1.29 is 0 Å². The fourth-order valence-corrected chi connectivity index (χ4v) is 3.49. The van der Waals surface area contributed by atoms with E-state index in [0.717, 1.165) is 0 Å². The SMILES string of the molecule is CCCCCSC(CN)c1ccccc1Br. The van der Waals surface area contributed by atoms with E-state index in [1.165, 1.54) is 35.1 Å². The largest absolute Gasteiger partial charge is 0.329 e. The Kier molecular flexibility index (Phi) is 7.17. The van der Waals surface area contributed by atoms with Crippen LogP contribution in [0.4, 0.5) is 0 Å². The van der Waals surface area contributed by atoms with Crippen molar-refractivity contribution in [3.8, 4) is 0 Å². The van der Waals surface area contributed by atoms with Crippen LogP contribution in [0.5, 0.6) is 0 Å². The molecule has 0 saturated carbocycles. The van der Waals surface area contributed by atoms with Crippen LogP contribution in [-0.2, 0) is 0 Å². The van der Waals surface area contributed by atoms with Crippen molar-refractivity contribution in [1.82, 2.24) is 0 Å². The fraction of sp³-hybridized carbons (Fsp3) is 0.538. The molecule has 0 radical (unpaired) electrons. The fourth-order valence-electron chi connectivity index (χ4n) is 1.60. The van der Waals surface area contributed by atoms with E-state index in [9.17, 15) is 0 Å². The number of hydrogen-bond acceptors (Lipinski definition) is 2. The van der Waals surface area contributed by atoms with Crippen molar-refractivity contribution in [2.45, 2.75) is 31.4 Å². The van der Waals surface area contributed by atoms with Crippen LogP contribution in [0.25, 0.3) is 0 Å². The van der Waals surface area contributed by atoms with E-state index in [0.29, 0.717) is 11.8 Å². The highest BCUT2D eigenvalue weighted by Gasteiger charge is 2.12. The van der Waals surface area contributed by atoms with E-state index in [2.05, 4.69) is 41.1 Å². The molecule has 0 fully saturated rings. The minimum Gasteiger partial charge on any atom is -0.329 e. The van der Waals surface area contributed by atoms with Gasteiger partial charge in [-0.15, -0.1) is 0 Å². The highest BCUT2D eigenvalue weighted by molar-refractivity contribution is 9.10. The summed E-state index contributed by atoms with van der Waals surface area (Å²) in [5.74, 6) is 1.21. The predicted octanol–water partition coefficient (Wildman–Crippen LogP) is 4.37. The highest BCUT2D eigenvalue weighted by Crippen LogP contribution is 2.33. The van der Waals surface area contributed by atoms with Crippen LogP contribution in [0.1, 0.15) is 37.0 Å². The standard InChI is InChI=1S/C13H20BrNS/c1-2-3-6-9-16-13(10-15)11-7-4-5-8-12(11)14/h4-5,7-8,13H,2-3,6,9-10,15H2,1H3. The van der Waals surface area contributed by atoms with Crippen molar-refractivity contribution in [2.75, 3.05) is 12.3 Å². The average Bonchev–Trinajstić information content (AvgIpc) is 2.31. The number of nitrogens with two attached hydrogens (primary N) is 1. The Morgan fingerprint density at radius 1 is 1.31 bits per heavy atom. The Morgan fingerprint density at radius 2 is 2.06 bits per heavy atom. The summed E-state index contributed by atoms with van der Waals surface area (Å²) in [7, 11) is 0. The molecule has 0 aliphatic carbocycles. The van der Waals surface area contributed by atoms with Crippen molar-refractivity contribution in [3.63, 3.8) is 0 Å². The first-order chi connectivity index (χ1) is 7.79. The summed E-state index contributed by atoms with van der Waals surface area (Å²) >= 11 is 5.57. The van der Waals surface area contributed by atoms with E-state index in [1.807, 2.05) is 17.8 Å². The summed E-state index contributed by atoms with van der Waals surface area (Å²) in [6.07, 6.45) is 3.89. The summed E-state index contributed by atoms with van der Waals surface area (Å²) in [4.78, 5) is 0. The number of hydrogen-bond donors (Lipinski definition) is 1. The molecule has 90 valence electrons. The number of unbranched alkanes of at least 4 members (excludes halogenated alkanes) is 2. The first kappa shape index (κ1) is 14.1. The summed E-state index contributed by atoms with van der Waals surface area (Å²) < 4.78 is 1.17. The molecular formula is C13H20BrNS. The average molecular weight is 302 g/mol. The lowest BCUT2D eigenvalue weighted by molar-refractivity contribution is 0.776. The molecule has 1 unspecified atom stereocenters. The molecule has 3 heteroatoms. The Hall–Kier alpha value is 0.01000. The number of rotatable bonds is 7. The summed E-state index contributed by atoms with van der Waals surface area (Å²) in [5, 5.41) is 0.424. The molecule has 1 nitrogen and oxygen atoms in total. The Bertz CT molecular complexity index is 304. The zero-order chi connectivity index (χ0) is 11.8. The molecule has 1 rings (SSSR count). The molecule has 2 N–H and O–H groups in total. The lowest BCUT2D eigenvalue weighted by Gasteiger charge is -2.16. The van der Waals surface area contributed by atoms with E-state index in [1.54, 1.807) is 0 Å². The first-order valence-electron chi connectivity index (χ1n) is 5.85. The quantitative estimate of drug-likeness (QED) is 0.757. The van der Waals surface area contributed by atoms with Gasteiger partial charge in [-0.05, 0) is 23.8 Å². The molecule has 0 bridgehead atoms. The van der Waals surface area contributed by atoms with Gasteiger partial charge < -0.3 is 5.73 Å². The van der Waals surface area contributed by atoms with Gasteiger partial charge in [-0.3, -0.25) is 0 Å². The third-order valence-corrected chi connectivity index (χ3v) is 4.63. The van der Waals surface area contributed by atoms with Gasteiger partial charge in [-0.1, -0.05) is 53.9 Å². The number of thioether (sulfide) groups is 1. The van der Waals surface area contributed by atoms with Gasteiger partial charge in [0.2, 0.25) is 0 Å². The molecule has 1 aromatic rings. The second-order valence-electron chi connectivity index (χ2n) is 3.82. The van der Waals surface area contributed by atoms with Crippen LogP contribution in [0.2, 0.25) is 0 Å². The molecular weight excluding hydrogens is 282 g/mol. The second-order valence-corrected chi connectivity index (χ2v) is 5.99. The molecule has 0 amide bonds. The summed E-state index contributed by atoms with van der Waals surface area (Å²) in [6, 6.07) is 8.37. The zero-order valence-corrected chi connectivity index (χ0v) is 12.2. The summed E-state index contributed by atoms with van der Waals surface area (Å²) in [5.41, 5.74) is 7.17. The molecule has 0 aliphatic heterocycles. The topological polar surface area (TPSA) is 26.0 Å². The van der Waals surface area contributed by atoms with Crippen LogP contribution in [0.3, 0.4) is 0 Å². The van der Waals surface area contributed by atoms with Gasteiger partial charge in [-0.2, -0.15) is 11.8 Å². The van der Waals surface area contributed by atoms with Gasteiger partial charge in [-0.25, -0.2) is 0 Å². The van der Waals surface area contributed by atoms with E-state index in [4.69, 9.17) is 5.73 Å².